The quantitative estimate of drug-likeness (QED) is 0.668. The number of hydrogen-bond acceptors (Lipinski definition) is 3. The number of amides is 2. The number of carboxylic acid groups (broad SMARTS) is 1. The van der Waals surface area contributed by atoms with E-state index in [2.05, 4.69) is 0 Å². The number of carbonyl (C=O) groups excluding carboxylic acids is 2. The van der Waals surface area contributed by atoms with E-state index in [-0.39, 0.29) is 29.2 Å². The van der Waals surface area contributed by atoms with Gasteiger partial charge in [-0.25, -0.2) is 4.79 Å². The third-order valence-electron chi connectivity index (χ3n) is 4.20. The van der Waals surface area contributed by atoms with E-state index >= 15 is 0 Å². The maximum Gasteiger partial charge on any atom is 0.335 e. The summed E-state index contributed by atoms with van der Waals surface area (Å²) in [7, 11) is 0. The van der Waals surface area contributed by atoms with Crippen LogP contribution in [0.3, 0.4) is 0 Å². The molecule has 1 aliphatic carbocycles. The Labute approximate surface area is 121 Å². The molecule has 1 heterocycles. The molecule has 0 unspecified atom stereocenters. The van der Waals surface area contributed by atoms with Crippen molar-refractivity contribution in [2.24, 2.45) is 11.8 Å². The fourth-order valence-corrected chi connectivity index (χ4v) is 3.05. The molecular weight excluding hydrogens is 270 g/mol. The van der Waals surface area contributed by atoms with Crippen molar-refractivity contribution in [3.8, 4) is 0 Å². The molecule has 5 nitrogen and oxygen atoms in total. The predicted molar refractivity (Wildman–Crippen MR) is 75.9 cm³/mol. The molecular formula is C16H15NO4. The first-order valence-corrected chi connectivity index (χ1v) is 6.86. The number of anilines is 1. The number of imide groups is 1. The summed E-state index contributed by atoms with van der Waals surface area (Å²) >= 11 is 0. The highest BCUT2D eigenvalue weighted by Crippen LogP contribution is 2.39. The van der Waals surface area contributed by atoms with Gasteiger partial charge >= 0.3 is 5.97 Å². The normalized spacial score (nSPS) is 24.8. The van der Waals surface area contributed by atoms with Crippen LogP contribution in [-0.2, 0) is 9.59 Å². The number of aromatic carboxylic acids is 1. The van der Waals surface area contributed by atoms with Crippen molar-refractivity contribution in [2.75, 3.05) is 4.90 Å². The first-order chi connectivity index (χ1) is 9.99. The van der Waals surface area contributed by atoms with Crippen LogP contribution in [-0.4, -0.2) is 22.9 Å². The van der Waals surface area contributed by atoms with E-state index in [1.165, 1.54) is 29.2 Å². The van der Waals surface area contributed by atoms with E-state index in [0.29, 0.717) is 18.5 Å². The van der Waals surface area contributed by atoms with Gasteiger partial charge in [0.1, 0.15) is 0 Å². The maximum absolute atomic E-state index is 12.5. The average Bonchev–Trinajstić information content (AvgIpc) is 2.70. The highest BCUT2D eigenvalue weighted by atomic mass is 16.4. The van der Waals surface area contributed by atoms with Crippen molar-refractivity contribution in [2.45, 2.75) is 19.8 Å². The summed E-state index contributed by atoms with van der Waals surface area (Å²) in [6.45, 7) is 1.97. The molecule has 1 N–H and O–H groups in total. The summed E-state index contributed by atoms with van der Waals surface area (Å²) in [5.41, 5.74) is 1.72. The topological polar surface area (TPSA) is 74.7 Å². The van der Waals surface area contributed by atoms with Crippen LogP contribution in [0.25, 0.3) is 0 Å². The molecule has 21 heavy (non-hydrogen) atoms. The Kier molecular flexibility index (Phi) is 3.12. The molecule has 1 aliphatic heterocycles. The molecule has 108 valence electrons. The lowest BCUT2D eigenvalue weighted by atomic mass is 9.82. The Morgan fingerprint density at radius 3 is 2.38 bits per heavy atom. The van der Waals surface area contributed by atoms with E-state index < -0.39 is 5.97 Å². The van der Waals surface area contributed by atoms with Crippen molar-refractivity contribution >= 4 is 23.5 Å². The van der Waals surface area contributed by atoms with Crippen LogP contribution in [0.1, 0.15) is 30.1 Å². The van der Waals surface area contributed by atoms with Gasteiger partial charge in [-0.1, -0.05) is 11.6 Å². The predicted octanol–water partition coefficient (Wildman–Crippen LogP) is 2.23. The van der Waals surface area contributed by atoms with Gasteiger partial charge in [0.25, 0.3) is 0 Å². The Bertz CT molecular complexity index is 659. The molecule has 5 heteroatoms. The molecule has 0 bridgehead atoms. The zero-order valence-electron chi connectivity index (χ0n) is 11.6. The van der Waals surface area contributed by atoms with Crippen molar-refractivity contribution < 1.29 is 19.5 Å². The molecule has 1 saturated heterocycles. The zero-order chi connectivity index (χ0) is 15.1. The van der Waals surface area contributed by atoms with Crippen molar-refractivity contribution in [3.63, 3.8) is 0 Å². The molecule has 2 atom stereocenters. The van der Waals surface area contributed by atoms with Crippen LogP contribution in [0.4, 0.5) is 5.69 Å². The minimum atomic E-state index is -1.03. The Morgan fingerprint density at radius 2 is 1.76 bits per heavy atom. The molecule has 0 aromatic heterocycles. The highest BCUT2D eigenvalue weighted by molar-refractivity contribution is 6.22. The minimum Gasteiger partial charge on any atom is -0.478 e. The third-order valence-corrected chi connectivity index (χ3v) is 4.20. The van der Waals surface area contributed by atoms with E-state index in [4.69, 9.17) is 5.11 Å². The number of benzene rings is 1. The molecule has 0 spiro atoms. The van der Waals surface area contributed by atoms with Crippen molar-refractivity contribution in [1.29, 1.82) is 0 Å². The lowest BCUT2D eigenvalue weighted by Crippen LogP contribution is -2.30. The lowest BCUT2D eigenvalue weighted by molar-refractivity contribution is -0.122. The summed E-state index contributed by atoms with van der Waals surface area (Å²) in [6, 6.07) is 5.83. The average molecular weight is 285 g/mol. The van der Waals surface area contributed by atoms with Crippen LogP contribution >= 0.6 is 0 Å². The van der Waals surface area contributed by atoms with Crippen LogP contribution in [0.2, 0.25) is 0 Å². The fraction of sp³-hybridized carbons (Fsp3) is 0.312. The largest absolute Gasteiger partial charge is 0.478 e. The van der Waals surface area contributed by atoms with Crippen molar-refractivity contribution in [1.82, 2.24) is 0 Å². The van der Waals surface area contributed by atoms with Gasteiger partial charge in [-0.15, -0.1) is 0 Å². The summed E-state index contributed by atoms with van der Waals surface area (Å²) in [5.74, 6) is -1.95. The molecule has 3 rings (SSSR count). The van der Waals surface area contributed by atoms with Gasteiger partial charge in [-0.2, -0.15) is 0 Å². The Hall–Kier alpha value is -2.43. The molecule has 2 amide bonds. The van der Waals surface area contributed by atoms with Gasteiger partial charge in [0.2, 0.25) is 11.8 Å². The monoisotopic (exact) mass is 285 g/mol. The van der Waals surface area contributed by atoms with Gasteiger partial charge in [0, 0.05) is 0 Å². The second-order valence-electron chi connectivity index (χ2n) is 5.57. The number of rotatable bonds is 2. The van der Waals surface area contributed by atoms with Gasteiger partial charge in [-0.3, -0.25) is 14.5 Å². The van der Waals surface area contributed by atoms with Crippen LogP contribution in [0.15, 0.2) is 35.9 Å². The maximum atomic E-state index is 12.5. The number of fused-ring (bicyclic) bond motifs is 1. The number of hydrogen-bond donors (Lipinski definition) is 1. The van der Waals surface area contributed by atoms with Crippen LogP contribution in [0.5, 0.6) is 0 Å². The van der Waals surface area contributed by atoms with Crippen molar-refractivity contribution in [3.05, 3.63) is 41.5 Å². The summed E-state index contributed by atoms with van der Waals surface area (Å²) in [4.78, 5) is 37.0. The van der Waals surface area contributed by atoms with E-state index in [0.717, 1.165) is 5.57 Å². The molecule has 2 aliphatic rings. The number of allylic oxidation sites excluding steroid dienone is 2. The Morgan fingerprint density at radius 1 is 1.14 bits per heavy atom. The highest BCUT2D eigenvalue weighted by Gasteiger charge is 2.48. The number of nitrogens with zero attached hydrogens (tertiary/aromatic N) is 1. The SMILES string of the molecule is CC1=CC[C@H]2C(=O)N(c3ccc(C(=O)O)cc3)C(=O)[C@@H]2C1. The molecule has 1 aromatic rings. The van der Waals surface area contributed by atoms with Gasteiger partial charge < -0.3 is 5.11 Å². The first kappa shape index (κ1) is 13.5. The summed E-state index contributed by atoms with van der Waals surface area (Å²) in [6.07, 6.45) is 3.24. The number of carbonyl (C=O) groups is 3. The smallest absolute Gasteiger partial charge is 0.335 e. The second kappa shape index (κ2) is 4.84. The molecule has 0 radical (unpaired) electrons. The van der Waals surface area contributed by atoms with Crippen LogP contribution < -0.4 is 4.90 Å². The summed E-state index contributed by atoms with van der Waals surface area (Å²) < 4.78 is 0. The third kappa shape index (κ3) is 2.14. The van der Waals surface area contributed by atoms with E-state index in [9.17, 15) is 14.4 Å². The summed E-state index contributed by atoms with van der Waals surface area (Å²) in [5, 5.41) is 8.89. The number of carboxylic acids is 1. The van der Waals surface area contributed by atoms with E-state index in [1.54, 1.807) is 0 Å². The molecule has 0 saturated carbocycles. The van der Waals surface area contributed by atoms with Gasteiger partial charge in [0.15, 0.2) is 0 Å². The second-order valence-corrected chi connectivity index (χ2v) is 5.57. The lowest BCUT2D eigenvalue weighted by Gasteiger charge is -2.18. The zero-order valence-corrected chi connectivity index (χ0v) is 11.6. The fourth-order valence-electron chi connectivity index (χ4n) is 3.05. The first-order valence-electron chi connectivity index (χ1n) is 6.86. The standard InChI is InChI=1S/C16H15NO4/c1-9-2-7-12-13(8-9)15(19)17(14(12)18)11-5-3-10(4-6-11)16(20)21/h2-6,12-13H,7-8H2,1H3,(H,20,21)/t12-,13-/m1/s1. The van der Waals surface area contributed by atoms with Crippen LogP contribution in [0, 0.1) is 11.8 Å². The van der Waals surface area contributed by atoms with Gasteiger partial charge in [0.05, 0.1) is 23.1 Å². The van der Waals surface area contributed by atoms with Gasteiger partial charge in [-0.05, 0) is 44.0 Å². The minimum absolute atomic E-state index is 0.132. The molecule has 1 fully saturated rings. The van der Waals surface area contributed by atoms with E-state index in [1.807, 2.05) is 13.0 Å². The molecule has 1 aromatic carbocycles. The Balaban J connectivity index is 1.91.